The lowest BCUT2D eigenvalue weighted by Crippen LogP contribution is -2.08. The number of benzene rings is 2. The fourth-order valence-electron chi connectivity index (χ4n) is 2.70. The summed E-state index contributed by atoms with van der Waals surface area (Å²) in [4.78, 5) is 8.52. The number of hydrogen-bond donors (Lipinski definition) is 3. The van der Waals surface area contributed by atoms with Crippen LogP contribution in [0.25, 0.3) is 0 Å². The first-order valence-corrected chi connectivity index (χ1v) is 9.48. The van der Waals surface area contributed by atoms with Crippen LogP contribution in [0.1, 0.15) is 30.9 Å². The molecule has 3 rings (SSSR count). The highest BCUT2D eigenvalue weighted by atomic mass is 35.5. The van der Waals surface area contributed by atoms with Crippen molar-refractivity contribution in [1.82, 2.24) is 9.97 Å². The monoisotopic (exact) mass is 381 g/mol. The van der Waals surface area contributed by atoms with E-state index in [1.165, 1.54) is 24.7 Å². The lowest BCUT2D eigenvalue weighted by Gasteiger charge is -2.13. The minimum atomic E-state index is 0.488. The van der Waals surface area contributed by atoms with Gasteiger partial charge in [-0.05, 0) is 48.2 Å². The SMILES string of the molecule is CCCCc1ccc(Nc2ncnc(NCc3ccc(Cl)cc3)c2N)cc1. The summed E-state index contributed by atoms with van der Waals surface area (Å²) in [6, 6.07) is 16.0. The van der Waals surface area contributed by atoms with Gasteiger partial charge in [-0.25, -0.2) is 9.97 Å². The highest BCUT2D eigenvalue weighted by Gasteiger charge is 2.08. The van der Waals surface area contributed by atoms with E-state index in [0.717, 1.165) is 17.7 Å². The fraction of sp³-hybridized carbons (Fsp3) is 0.238. The zero-order valence-corrected chi connectivity index (χ0v) is 16.1. The molecule has 0 saturated heterocycles. The van der Waals surface area contributed by atoms with Crippen LogP contribution in [0.2, 0.25) is 5.02 Å². The van der Waals surface area contributed by atoms with Crippen molar-refractivity contribution in [2.24, 2.45) is 0 Å². The van der Waals surface area contributed by atoms with E-state index in [1.54, 1.807) is 0 Å². The summed E-state index contributed by atoms with van der Waals surface area (Å²) in [5.74, 6) is 1.19. The van der Waals surface area contributed by atoms with Gasteiger partial charge in [-0.2, -0.15) is 0 Å². The molecule has 0 saturated carbocycles. The number of rotatable bonds is 8. The molecule has 27 heavy (non-hydrogen) atoms. The summed E-state index contributed by atoms with van der Waals surface area (Å²) in [6.07, 6.45) is 5.00. The van der Waals surface area contributed by atoms with Crippen LogP contribution in [0.15, 0.2) is 54.9 Å². The van der Waals surface area contributed by atoms with Gasteiger partial charge in [0.1, 0.15) is 12.0 Å². The average Bonchev–Trinajstić information content (AvgIpc) is 2.69. The first kappa shape index (κ1) is 19.0. The summed E-state index contributed by atoms with van der Waals surface area (Å²) >= 11 is 5.92. The zero-order chi connectivity index (χ0) is 19.1. The van der Waals surface area contributed by atoms with E-state index >= 15 is 0 Å². The van der Waals surface area contributed by atoms with Crippen LogP contribution in [0.5, 0.6) is 0 Å². The van der Waals surface area contributed by atoms with Gasteiger partial charge in [0, 0.05) is 17.3 Å². The number of nitrogens with zero attached hydrogens (tertiary/aromatic N) is 2. The minimum Gasteiger partial charge on any atom is -0.393 e. The molecule has 0 aliphatic heterocycles. The van der Waals surface area contributed by atoms with Gasteiger partial charge in [0.2, 0.25) is 0 Å². The van der Waals surface area contributed by atoms with E-state index in [1.807, 2.05) is 36.4 Å². The molecule has 0 radical (unpaired) electrons. The third kappa shape index (κ3) is 5.34. The van der Waals surface area contributed by atoms with E-state index in [0.29, 0.717) is 28.9 Å². The Labute approximate surface area is 165 Å². The van der Waals surface area contributed by atoms with Gasteiger partial charge >= 0.3 is 0 Å². The Morgan fingerprint density at radius 3 is 2.30 bits per heavy atom. The summed E-state index contributed by atoms with van der Waals surface area (Å²) in [6.45, 7) is 2.80. The van der Waals surface area contributed by atoms with Crippen molar-refractivity contribution < 1.29 is 0 Å². The van der Waals surface area contributed by atoms with Crippen molar-refractivity contribution in [3.05, 3.63) is 71.0 Å². The number of halogens is 1. The zero-order valence-electron chi connectivity index (χ0n) is 15.4. The summed E-state index contributed by atoms with van der Waals surface area (Å²) in [7, 11) is 0. The Morgan fingerprint density at radius 1 is 0.926 bits per heavy atom. The summed E-state index contributed by atoms with van der Waals surface area (Å²) in [5, 5.41) is 7.23. The van der Waals surface area contributed by atoms with Crippen LogP contribution in [0.4, 0.5) is 23.0 Å². The van der Waals surface area contributed by atoms with Crippen LogP contribution >= 0.6 is 11.6 Å². The second-order valence-corrected chi connectivity index (χ2v) is 6.83. The molecule has 3 aromatic rings. The standard InChI is InChI=1S/C21H24ClN5/c1-2-3-4-15-7-11-18(12-8-15)27-21-19(23)20(25-14-26-21)24-13-16-5-9-17(22)10-6-16/h5-12,14H,2-4,13,23H2,1H3,(H2,24,25,26,27). The van der Waals surface area contributed by atoms with Gasteiger partial charge in [-0.3, -0.25) is 0 Å². The third-order valence-corrected chi connectivity index (χ3v) is 4.54. The number of anilines is 4. The highest BCUT2D eigenvalue weighted by Crippen LogP contribution is 2.26. The maximum atomic E-state index is 6.24. The largest absolute Gasteiger partial charge is 0.393 e. The Hall–Kier alpha value is -2.79. The molecular formula is C21H24ClN5. The van der Waals surface area contributed by atoms with E-state index < -0.39 is 0 Å². The normalized spacial score (nSPS) is 10.6. The lowest BCUT2D eigenvalue weighted by molar-refractivity contribution is 0.795. The van der Waals surface area contributed by atoms with Gasteiger partial charge in [-0.1, -0.05) is 49.2 Å². The van der Waals surface area contributed by atoms with Crippen molar-refractivity contribution in [1.29, 1.82) is 0 Å². The van der Waals surface area contributed by atoms with E-state index in [9.17, 15) is 0 Å². The molecule has 2 aromatic carbocycles. The number of hydrogen-bond acceptors (Lipinski definition) is 5. The molecule has 0 aliphatic rings. The average molecular weight is 382 g/mol. The third-order valence-electron chi connectivity index (χ3n) is 4.29. The second-order valence-electron chi connectivity index (χ2n) is 6.39. The van der Waals surface area contributed by atoms with Crippen LogP contribution in [0.3, 0.4) is 0 Å². The Morgan fingerprint density at radius 2 is 1.59 bits per heavy atom. The molecule has 0 fully saturated rings. The second kappa shape index (κ2) is 9.24. The molecule has 0 aliphatic carbocycles. The van der Waals surface area contributed by atoms with E-state index in [4.69, 9.17) is 17.3 Å². The maximum absolute atomic E-state index is 6.24. The minimum absolute atomic E-state index is 0.488. The number of aryl methyl sites for hydroxylation is 1. The van der Waals surface area contributed by atoms with E-state index in [2.05, 4.69) is 39.7 Å². The van der Waals surface area contributed by atoms with E-state index in [-0.39, 0.29) is 0 Å². The van der Waals surface area contributed by atoms with Crippen molar-refractivity contribution in [2.45, 2.75) is 32.7 Å². The predicted molar refractivity (Wildman–Crippen MR) is 114 cm³/mol. The number of nitrogens with one attached hydrogen (secondary N) is 2. The predicted octanol–water partition coefficient (Wildman–Crippen LogP) is 5.41. The number of aromatic nitrogens is 2. The molecule has 1 aromatic heterocycles. The van der Waals surface area contributed by atoms with Crippen LogP contribution in [0, 0.1) is 0 Å². The first-order chi connectivity index (χ1) is 13.2. The molecule has 4 N–H and O–H groups in total. The van der Waals surface area contributed by atoms with Gasteiger partial charge in [0.05, 0.1) is 0 Å². The van der Waals surface area contributed by atoms with Crippen molar-refractivity contribution in [2.75, 3.05) is 16.4 Å². The topological polar surface area (TPSA) is 75.9 Å². The quantitative estimate of drug-likeness (QED) is 0.486. The molecule has 0 atom stereocenters. The Bertz CT molecular complexity index is 863. The van der Waals surface area contributed by atoms with Crippen LogP contribution < -0.4 is 16.4 Å². The molecular weight excluding hydrogens is 358 g/mol. The smallest absolute Gasteiger partial charge is 0.159 e. The van der Waals surface area contributed by atoms with Crippen LogP contribution in [-0.2, 0) is 13.0 Å². The number of nitrogens with two attached hydrogens (primary N) is 1. The molecule has 1 heterocycles. The van der Waals surface area contributed by atoms with Gasteiger partial charge in [-0.15, -0.1) is 0 Å². The lowest BCUT2D eigenvalue weighted by atomic mass is 10.1. The Balaban J connectivity index is 1.66. The highest BCUT2D eigenvalue weighted by molar-refractivity contribution is 6.30. The molecule has 0 spiro atoms. The molecule has 140 valence electrons. The Kier molecular flexibility index (Phi) is 6.49. The molecule has 0 amide bonds. The summed E-state index contributed by atoms with van der Waals surface area (Å²) < 4.78 is 0. The van der Waals surface area contributed by atoms with Crippen molar-refractivity contribution >= 4 is 34.6 Å². The molecule has 0 unspecified atom stereocenters. The maximum Gasteiger partial charge on any atom is 0.159 e. The van der Waals surface area contributed by atoms with Crippen LogP contribution in [-0.4, -0.2) is 9.97 Å². The van der Waals surface area contributed by atoms with Gasteiger partial charge < -0.3 is 16.4 Å². The molecule has 6 heteroatoms. The fourth-order valence-corrected chi connectivity index (χ4v) is 2.82. The van der Waals surface area contributed by atoms with Crippen molar-refractivity contribution in [3.8, 4) is 0 Å². The molecule has 0 bridgehead atoms. The molecule has 5 nitrogen and oxygen atoms in total. The summed E-state index contributed by atoms with van der Waals surface area (Å²) in [5.41, 5.74) is 10.1. The number of unbranched alkanes of at least 4 members (excludes halogenated alkanes) is 1. The van der Waals surface area contributed by atoms with Gasteiger partial charge in [0.15, 0.2) is 11.6 Å². The van der Waals surface area contributed by atoms with Gasteiger partial charge in [0.25, 0.3) is 0 Å². The van der Waals surface area contributed by atoms with Crippen molar-refractivity contribution in [3.63, 3.8) is 0 Å². The first-order valence-electron chi connectivity index (χ1n) is 9.10. The number of nitrogen functional groups attached to an aromatic ring is 1.